The van der Waals surface area contributed by atoms with Crippen LogP contribution in [0.4, 0.5) is 5.82 Å². The molecule has 0 bridgehead atoms. The van der Waals surface area contributed by atoms with E-state index in [1.165, 1.54) is 6.33 Å². The fourth-order valence-corrected chi connectivity index (χ4v) is 3.38. The number of fused-ring (bicyclic) bond motifs is 1. The molecule has 1 aromatic carbocycles. The van der Waals surface area contributed by atoms with Gasteiger partial charge in [-0.1, -0.05) is 29.8 Å². The lowest BCUT2D eigenvalue weighted by Crippen LogP contribution is -2.04. The minimum Gasteiger partial charge on any atom is -0.364 e. The lowest BCUT2D eigenvalue weighted by Gasteiger charge is -2.07. The summed E-state index contributed by atoms with van der Waals surface area (Å²) < 4.78 is 3.59. The van der Waals surface area contributed by atoms with Gasteiger partial charge >= 0.3 is 0 Å². The molecule has 0 atom stereocenters. The van der Waals surface area contributed by atoms with E-state index in [2.05, 4.69) is 20.4 Å². The number of nitrogens with zero attached hydrogens (tertiary/aromatic N) is 6. The van der Waals surface area contributed by atoms with Crippen LogP contribution in [-0.4, -0.2) is 29.4 Å². The van der Waals surface area contributed by atoms with Crippen molar-refractivity contribution in [2.45, 2.75) is 13.5 Å². The van der Waals surface area contributed by atoms with Gasteiger partial charge in [-0.25, -0.2) is 19.2 Å². The van der Waals surface area contributed by atoms with Gasteiger partial charge in [-0.2, -0.15) is 5.10 Å². The number of pyridine rings is 2. The molecule has 7 nitrogen and oxygen atoms in total. The smallest absolute Gasteiger partial charge is 0.155 e. The van der Waals surface area contributed by atoms with Gasteiger partial charge in [-0.3, -0.25) is 0 Å². The van der Waals surface area contributed by atoms with Gasteiger partial charge in [-0.05, 0) is 48.9 Å². The number of aryl methyl sites for hydroxylation is 1. The third kappa shape index (κ3) is 3.62. The summed E-state index contributed by atoms with van der Waals surface area (Å²) in [7, 11) is 0. The molecule has 30 heavy (non-hydrogen) atoms. The van der Waals surface area contributed by atoms with Gasteiger partial charge in [0.15, 0.2) is 11.5 Å². The summed E-state index contributed by atoms with van der Waals surface area (Å²) in [5.41, 5.74) is 4.71. The maximum atomic E-state index is 5.98. The SMILES string of the molecule is Cc1cccc(-n2nc(NCc3ccc(Cl)cc3)cc2-c2ccc3ncnn3c2)n1. The molecule has 0 fully saturated rings. The molecule has 0 unspecified atom stereocenters. The van der Waals surface area contributed by atoms with Crippen molar-refractivity contribution < 1.29 is 0 Å². The third-order valence-electron chi connectivity index (χ3n) is 4.76. The zero-order chi connectivity index (χ0) is 20.5. The summed E-state index contributed by atoms with van der Waals surface area (Å²) >= 11 is 5.98. The summed E-state index contributed by atoms with van der Waals surface area (Å²) in [4.78, 5) is 8.86. The Hall–Kier alpha value is -3.71. The molecule has 0 aliphatic rings. The van der Waals surface area contributed by atoms with E-state index in [4.69, 9.17) is 16.7 Å². The predicted octanol–water partition coefficient (Wildman–Crippen LogP) is 4.55. The quantitative estimate of drug-likeness (QED) is 0.456. The zero-order valence-electron chi connectivity index (χ0n) is 16.2. The summed E-state index contributed by atoms with van der Waals surface area (Å²) in [6.07, 6.45) is 3.48. The van der Waals surface area contributed by atoms with Crippen molar-refractivity contribution >= 4 is 23.1 Å². The van der Waals surface area contributed by atoms with E-state index in [0.717, 1.165) is 44.8 Å². The highest BCUT2D eigenvalue weighted by Gasteiger charge is 2.14. The maximum Gasteiger partial charge on any atom is 0.155 e. The van der Waals surface area contributed by atoms with Crippen LogP contribution in [0.1, 0.15) is 11.3 Å². The Kier molecular flexibility index (Phi) is 4.65. The number of anilines is 1. The van der Waals surface area contributed by atoms with E-state index in [0.29, 0.717) is 6.54 Å². The van der Waals surface area contributed by atoms with Crippen LogP contribution >= 0.6 is 11.6 Å². The average molecular weight is 416 g/mol. The number of halogens is 1. The second-order valence-corrected chi connectivity index (χ2v) is 7.36. The molecule has 4 aromatic heterocycles. The van der Waals surface area contributed by atoms with Crippen molar-refractivity contribution in [3.8, 4) is 17.1 Å². The van der Waals surface area contributed by atoms with E-state index < -0.39 is 0 Å². The van der Waals surface area contributed by atoms with Crippen molar-refractivity contribution in [2.24, 2.45) is 0 Å². The minimum absolute atomic E-state index is 0.636. The molecule has 0 saturated heterocycles. The highest BCUT2D eigenvalue weighted by Crippen LogP contribution is 2.26. The van der Waals surface area contributed by atoms with Gasteiger partial charge in [0, 0.05) is 35.1 Å². The van der Waals surface area contributed by atoms with Crippen molar-refractivity contribution in [1.82, 2.24) is 29.4 Å². The number of benzene rings is 1. The number of nitrogens with one attached hydrogen (secondary N) is 1. The fourth-order valence-electron chi connectivity index (χ4n) is 3.26. The Morgan fingerprint density at radius 2 is 1.90 bits per heavy atom. The number of aromatic nitrogens is 6. The lowest BCUT2D eigenvalue weighted by atomic mass is 10.2. The monoisotopic (exact) mass is 415 g/mol. The molecule has 4 heterocycles. The van der Waals surface area contributed by atoms with Crippen molar-refractivity contribution in [1.29, 1.82) is 0 Å². The van der Waals surface area contributed by atoms with Gasteiger partial charge in [-0.15, -0.1) is 5.10 Å². The highest BCUT2D eigenvalue weighted by molar-refractivity contribution is 6.30. The minimum atomic E-state index is 0.636. The normalized spacial score (nSPS) is 11.1. The Morgan fingerprint density at radius 3 is 2.73 bits per heavy atom. The predicted molar refractivity (Wildman–Crippen MR) is 117 cm³/mol. The van der Waals surface area contributed by atoms with Crippen LogP contribution in [0.15, 0.2) is 73.2 Å². The average Bonchev–Trinajstić information content (AvgIpc) is 3.40. The van der Waals surface area contributed by atoms with E-state index in [1.54, 1.807) is 4.52 Å². The molecule has 0 spiro atoms. The first-order valence-corrected chi connectivity index (χ1v) is 9.86. The molecule has 148 valence electrons. The Labute approximate surface area is 178 Å². The van der Waals surface area contributed by atoms with Crippen LogP contribution < -0.4 is 5.32 Å². The third-order valence-corrected chi connectivity index (χ3v) is 5.01. The second kappa shape index (κ2) is 7.61. The molecule has 0 amide bonds. The summed E-state index contributed by atoms with van der Waals surface area (Å²) in [5.74, 6) is 1.50. The van der Waals surface area contributed by atoms with Crippen LogP contribution in [-0.2, 0) is 6.54 Å². The lowest BCUT2D eigenvalue weighted by molar-refractivity contribution is 0.844. The van der Waals surface area contributed by atoms with E-state index >= 15 is 0 Å². The number of rotatable bonds is 5. The molecule has 0 aliphatic heterocycles. The zero-order valence-corrected chi connectivity index (χ0v) is 17.0. The van der Waals surface area contributed by atoms with Crippen molar-refractivity contribution in [3.05, 3.63) is 89.5 Å². The maximum absolute atomic E-state index is 5.98. The topological polar surface area (TPSA) is 72.9 Å². The van der Waals surface area contributed by atoms with Crippen LogP contribution in [0.5, 0.6) is 0 Å². The van der Waals surface area contributed by atoms with E-state index in [9.17, 15) is 0 Å². The molecule has 0 saturated carbocycles. The van der Waals surface area contributed by atoms with Gasteiger partial charge < -0.3 is 5.32 Å². The molecule has 8 heteroatoms. The standard InChI is InChI=1S/C22H18ClN7/c1-15-3-2-4-22(27-15)30-19(17-7-10-21-25-14-26-29(21)13-17)11-20(28-30)24-12-16-5-8-18(23)9-6-16/h2-11,13-14H,12H2,1H3,(H,24,28). The van der Waals surface area contributed by atoms with Gasteiger partial charge in [0.25, 0.3) is 0 Å². The Balaban J connectivity index is 1.54. The molecular weight excluding hydrogens is 398 g/mol. The molecule has 1 N–H and O–H groups in total. The Morgan fingerprint density at radius 1 is 1.03 bits per heavy atom. The van der Waals surface area contributed by atoms with Crippen LogP contribution in [0, 0.1) is 6.92 Å². The fraction of sp³-hybridized carbons (Fsp3) is 0.0909. The van der Waals surface area contributed by atoms with Gasteiger partial charge in [0.1, 0.15) is 12.1 Å². The summed E-state index contributed by atoms with van der Waals surface area (Å²) in [6.45, 7) is 2.60. The first-order chi connectivity index (χ1) is 14.7. The first kappa shape index (κ1) is 18.3. The Bertz CT molecular complexity index is 1320. The van der Waals surface area contributed by atoms with Crippen LogP contribution in [0.2, 0.25) is 5.02 Å². The van der Waals surface area contributed by atoms with Crippen molar-refractivity contribution in [3.63, 3.8) is 0 Å². The molecular formula is C22H18ClN7. The van der Waals surface area contributed by atoms with Gasteiger partial charge in [0.2, 0.25) is 0 Å². The second-order valence-electron chi connectivity index (χ2n) is 6.92. The molecule has 0 radical (unpaired) electrons. The molecule has 0 aliphatic carbocycles. The summed E-state index contributed by atoms with van der Waals surface area (Å²) in [6, 6.07) is 19.6. The molecule has 5 rings (SSSR count). The summed E-state index contributed by atoms with van der Waals surface area (Å²) in [5, 5.41) is 13.1. The van der Waals surface area contributed by atoms with Crippen LogP contribution in [0.25, 0.3) is 22.7 Å². The molecule has 5 aromatic rings. The van der Waals surface area contributed by atoms with Gasteiger partial charge in [0.05, 0.1) is 5.69 Å². The van der Waals surface area contributed by atoms with Crippen LogP contribution in [0.3, 0.4) is 0 Å². The first-order valence-electron chi connectivity index (χ1n) is 9.48. The largest absolute Gasteiger partial charge is 0.364 e. The number of hydrogen-bond donors (Lipinski definition) is 1. The number of hydrogen-bond acceptors (Lipinski definition) is 5. The van der Waals surface area contributed by atoms with E-state index in [-0.39, 0.29) is 0 Å². The highest BCUT2D eigenvalue weighted by atomic mass is 35.5. The van der Waals surface area contributed by atoms with E-state index in [1.807, 2.05) is 78.5 Å². The van der Waals surface area contributed by atoms with Crippen molar-refractivity contribution in [2.75, 3.05) is 5.32 Å².